The van der Waals surface area contributed by atoms with Crippen LogP contribution in [-0.2, 0) is 9.53 Å². The molecule has 1 amide bonds. The summed E-state index contributed by atoms with van der Waals surface area (Å²) in [5.41, 5.74) is 5.83. The Bertz CT molecular complexity index is 327. The molecule has 2 N–H and O–H groups in total. The average Bonchev–Trinajstić information content (AvgIpc) is 2.46. The van der Waals surface area contributed by atoms with Gasteiger partial charge in [0, 0.05) is 38.3 Å². The quantitative estimate of drug-likeness (QED) is 0.827. The van der Waals surface area contributed by atoms with Gasteiger partial charge in [0.15, 0.2) is 0 Å². The molecule has 2 aliphatic heterocycles. The van der Waals surface area contributed by atoms with E-state index in [0.717, 1.165) is 45.6 Å². The lowest BCUT2D eigenvalue weighted by Gasteiger charge is -2.42. The van der Waals surface area contributed by atoms with Crippen LogP contribution in [-0.4, -0.2) is 66.7 Å². The van der Waals surface area contributed by atoms with Gasteiger partial charge in [-0.25, -0.2) is 0 Å². The third-order valence-corrected chi connectivity index (χ3v) is 4.74. The van der Waals surface area contributed by atoms with Gasteiger partial charge in [-0.1, -0.05) is 6.92 Å². The number of hydrogen-bond acceptors (Lipinski definition) is 4. The number of morpholine rings is 1. The Kier molecular flexibility index (Phi) is 5.41. The van der Waals surface area contributed by atoms with Crippen LogP contribution in [0.4, 0.5) is 0 Å². The van der Waals surface area contributed by atoms with E-state index in [-0.39, 0.29) is 17.9 Å². The number of piperidine rings is 1. The summed E-state index contributed by atoms with van der Waals surface area (Å²) >= 11 is 0. The molecular formula is C15H29N3O2. The first-order valence-corrected chi connectivity index (χ1v) is 7.89. The molecule has 2 fully saturated rings. The molecule has 3 atom stereocenters. The summed E-state index contributed by atoms with van der Waals surface area (Å²) in [6.07, 6.45) is 2.48. The third kappa shape index (κ3) is 3.71. The first-order chi connectivity index (χ1) is 9.49. The van der Waals surface area contributed by atoms with Crippen LogP contribution in [0, 0.1) is 5.92 Å². The maximum absolute atomic E-state index is 12.3. The largest absolute Gasteiger partial charge is 0.376 e. The Morgan fingerprint density at radius 3 is 2.45 bits per heavy atom. The first kappa shape index (κ1) is 15.7. The van der Waals surface area contributed by atoms with E-state index in [1.165, 1.54) is 0 Å². The molecule has 0 radical (unpaired) electrons. The van der Waals surface area contributed by atoms with Crippen LogP contribution in [0.5, 0.6) is 0 Å². The lowest BCUT2D eigenvalue weighted by molar-refractivity contribution is -0.137. The van der Waals surface area contributed by atoms with Crippen LogP contribution >= 0.6 is 0 Å². The van der Waals surface area contributed by atoms with E-state index in [1.807, 2.05) is 18.7 Å². The SMILES string of the molecule is CC1CN(C2CCN(C(=O)C(C)C(C)N)CC2)CCO1. The fourth-order valence-corrected chi connectivity index (χ4v) is 3.14. The number of likely N-dealkylation sites (tertiary alicyclic amines) is 1. The fraction of sp³-hybridized carbons (Fsp3) is 0.933. The van der Waals surface area contributed by atoms with Gasteiger partial charge in [0.05, 0.1) is 18.6 Å². The molecule has 2 rings (SSSR count). The Balaban J connectivity index is 1.81. The number of hydrogen-bond donors (Lipinski definition) is 1. The number of nitrogens with two attached hydrogens (primary N) is 1. The highest BCUT2D eigenvalue weighted by Crippen LogP contribution is 2.20. The van der Waals surface area contributed by atoms with E-state index in [2.05, 4.69) is 11.8 Å². The second kappa shape index (κ2) is 6.87. The molecule has 5 heteroatoms. The van der Waals surface area contributed by atoms with E-state index >= 15 is 0 Å². The molecule has 0 aliphatic carbocycles. The van der Waals surface area contributed by atoms with E-state index in [0.29, 0.717) is 12.1 Å². The summed E-state index contributed by atoms with van der Waals surface area (Å²) in [4.78, 5) is 16.8. The van der Waals surface area contributed by atoms with Crippen molar-refractivity contribution in [1.29, 1.82) is 0 Å². The Hall–Kier alpha value is -0.650. The van der Waals surface area contributed by atoms with Crippen LogP contribution in [0.25, 0.3) is 0 Å². The van der Waals surface area contributed by atoms with E-state index in [9.17, 15) is 4.79 Å². The number of carbonyl (C=O) groups excluding carboxylic acids is 1. The van der Waals surface area contributed by atoms with Crippen molar-refractivity contribution in [3.8, 4) is 0 Å². The summed E-state index contributed by atoms with van der Waals surface area (Å²) in [6, 6.07) is 0.538. The zero-order valence-corrected chi connectivity index (χ0v) is 13.0. The van der Waals surface area contributed by atoms with E-state index in [4.69, 9.17) is 10.5 Å². The van der Waals surface area contributed by atoms with Crippen molar-refractivity contribution in [2.75, 3.05) is 32.8 Å². The molecule has 0 aromatic carbocycles. The summed E-state index contributed by atoms with van der Waals surface area (Å²) < 4.78 is 5.60. The van der Waals surface area contributed by atoms with Gasteiger partial charge >= 0.3 is 0 Å². The van der Waals surface area contributed by atoms with Gasteiger partial charge in [-0.2, -0.15) is 0 Å². The summed E-state index contributed by atoms with van der Waals surface area (Å²) in [6.45, 7) is 10.6. The number of carbonyl (C=O) groups is 1. The highest BCUT2D eigenvalue weighted by Gasteiger charge is 2.31. The van der Waals surface area contributed by atoms with Crippen LogP contribution < -0.4 is 5.73 Å². The lowest BCUT2D eigenvalue weighted by Crippen LogP contribution is -2.53. The summed E-state index contributed by atoms with van der Waals surface area (Å²) in [7, 11) is 0. The van der Waals surface area contributed by atoms with Crippen molar-refractivity contribution in [2.24, 2.45) is 11.7 Å². The minimum Gasteiger partial charge on any atom is -0.376 e. The molecule has 0 saturated carbocycles. The monoisotopic (exact) mass is 283 g/mol. The molecule has 0 bridgehead atoms. The second-order valence-corrected chi connectivity index (χ2v) is 6.38. The van der Waals surface area contributed by atoms with Crippen molar-refractivity contribution in [3.63, 3.8) is 0 Å². The zero-order valence-electron chi connectivity index (χ0n) is 13.0. The fourth-order valence-electron chi connectivity index (χ4n) is 3.14. The van der Waals surface area contributed by atoms with Crippen molar-refractivity contribution in [3.05, 3.63) is 0 Å². The van der Waals surface area contributed by atoms with Gasteiger partial charge in [-0.15, -0.1) is 0 Å². The highest BCUT2D eigenvalue weighted by molar-refractivity contribution is 5.79. The molecule has 116 valence electrons. The van der Waals surface area contributed by atoms with E-state index in [1.54, 1.807) is 0 Å². The van der Waals surface area contributed by atoms with Crippen LogP contribution in [0.15, 0.2) is 0 Å². The maximum atomic E-state index is 12.3. The van der Waals surface area contributed by atoms with Gasteiger partial charge in [-0.05, 0) is 26.7 Å². The maximum Gasteiger partial charge on any atom is 0.226 e. The van der Waals surface area contributed by atoms with Gasteiger partial charge in [0.2, 0.25) is 5.91 Å². The molecule has 0 aromatic heterocycles. The first-order valence-electron chi connectivity index (χ1n) is 7.89. The summed E-state index contributed by atoms with van der Waals surface area (Å²) in [5.74, 6) is 0.142. The van der Waals surface area contributed by atoms with Gasteiger partial charge in [0.1, 0.15) is 0 Å². The predicted octanol–water partition coefficient (Wildman–Crippen LogP) is 0.681. The number of nitrogens with zero attached hydrogens (tertiary/aromatic N) is 2. The Morgan fingerprint density at radius 1 is 1.25 bits per heavy atom. The minimum absolute atomic E-state index is 0.0692. The highest BCUT2D eigenvalue weighted by atomic mass is 16.5. The number of ether oxygens (including phenoxy) is 1. The molecule has 20 heavy (non-hydrogen) atoms. The molecule has 0 spiro atoms. The van der Waals surface area contributed by atoms with Crippen molar-refractivity contribution < 1.29 is 9.53 Å². The third-order valence-electron chi connectivity index (χ3n) is 4.74. The Labute approximate surface area is 122 Å². The van der Waals surface area contributed by atoms with Crippen LogP contribution in [0.2, 0.25) is 0 Å². The number of amides is 1. The van der Waals surface area contributed by atoms with Crippen LogP contribution in [0.1, 0.15) is 33.6 Å². The zero-order chi connectivity index (χ0) is 14.7. The average molecular weight is 283 g/mol. The second-order valence-electron chi connectivity index (χ2n) is 6.38. The molecule has 3 unspecified atom stereocenters. The topological polar surface area (TPSA) is 58.8 Å². The molecule has 0 aromatic rings. The van der Waals surface area contributed by atoms with Gasteiger partial charge in [0.25, 0.3) is 0 Å². The van der Waals surface area contributed by atoms with Crippen molar-refractivity contribution in [1.82, 2.24) is 9.80 Å². The molecule has 2 saturated heterocycles. The molecule has 2 heterocycles. The molecule has 5 nitrogen and oxygen atoms in total. The molecule has 2 aliphatic rings. The van der Waals surface area contributed by atoms with Gasteiger partial charge < -0.3 is 15.4 Å². The van der Waals surface area contributed by atoms with Crippen molar-refractivity contribution in [2.45, 2.75) is 51.8 Å². The minimum atomic E-state index is -0.0741. The van der Waals surface area contributed by atoms with E-state index < -0.39 is 0 Å². The molecular weight excluding hydrogens is 254 g/mol. The lowest BCUT2D eigenvalue weighted by atomic mass is 9.98. The number of rotatable bonds is 3. The van der Waals surface area contributed by atoms with Crippen LogP contribution in [0.3, 0.4) is 0 Å². The Morgan fingerprint density at radius 2 is 1.90 bits per heavy atom. The predicted molar refractivity (Wildman–Crippen MR) is 79.4 cm³/mol. The van der Waals surface area contributed by atoms with Gasteiger partial charge in [-0.3, -0.25) is 9.69 Å². The smallest absolute Gasteiger partial charge is 0.226 e. The summed E-state index contributed by atoms with van der Waals surface area (Å²) in [5, 5.41) is 0. The van der Waals surface area contributed by atoms with Crippen molar-refractivity contribution >= 4 is 5.91 Å². The standard InChI is InChI=1S/C15H29N3O2/c1-11-10-18(8-9-20-11)14-4-6-17(7-5-14)15(19)12(2)13(3)16/h11-14H,4-10,16H2,1-3H3. The normalized spacial score (nSPS) is 29.2.